The van der Waals surface area contributed by atoms with Crippen molar-refractivity contribution in [2.24, 2.45) is 0 Å². The molecule has 0 spiro atoms. The average molecular weight is 549 g/mol. The lowest BCUT2D eigenvalue weighted by Crippen LogP contribution is -2.64. The minimum atomic E-state index is -1.32. The van der Waals surface area contributed by atoms with Gasteiger partial charge in [0.25, 0.3) is 0 Å². The molecule has 1 aliphatic rings. The third-order valence-electron chi connectivity index (χ3n) is 5.30. The van der Waals surface area contributed by atoms with E-state index in [9.17, 15) is 24.0 Å². The van der Waals surface area contributed by atoms with E-state index >= 15 is 0 Å². The topological polar surface area (TPSA) is 156 Å². The van der Waals surface area contributed by atoms with Crippen molar-refractivity contribution in [2.45, 2.75) is 65.3 Å². The quantitative estimate of drug-likeness (QED) is 0.277. The number of aryl methyl sites for hydroxylation is 1. The second-order valence-corrected chi connectivity index (χ2v) is 9.52. The molecule has 204 valence electrons. The largest absolute Gasteiger partial charge is 0.463 e. The highest BCUT2D eigenvalue weighted by molar-refractivity contribution is 7.17. The van der Waals surface area contributed by atoms with Crippen molar-refractivity contribution in [2.75, 3.05) is 11.9 Å². The number of esters is 4. The minimum Gasteiger partial charge on any atom is -0.463 e. The Labute approximate surface area is 222 Å². The monoisotopic (exact) mass is 548 g/mol. The van der Waals surface area contributed by atoms with Crippen LogP contribution in [0.1, 0.15) is 48.5 Å². The van der Waals surface area contributed by atoms with Gasteiger partial charge in [-0.1, -0.05) is 41.2 Å². The molecule has 12 nitrogen and oxygen atoms in total. The number of nitrogens with zero attached hydrogens (tertiary/aromatic N) is 1. The molecule has 5 atom stereocenters. The Hall–Kier alpha value is -3.84. The Morgan fingerprint density at radius 2 is 1.45 bits per heavy atom. The molecule has 0 amide bonds. The fraction of sp³-hybridized carbons (Fsp3) is 0.440. The summed E-state index contributed by atoms with van der Waals surface area (Å²) in [6, 6.07) is 7.07. The summed E-state index contributed by atoms with van der Waals surface area (Å²) in [5.41, 5.74) is 1.50. The SMILES string of the molecule is CC(=O)OCC1O[C@H](Nc2ncc(C(=O)c3ccc(C)cc3)s2)[C@H](OC(C)=O)C(OC(C)=O)[C@@H]1OC(C)=O. The Morgan fingerprint density at radius 3 is 2.03 bits per heavy atom. The highest BCUT2D eigenvalue weighted by Crippen LogP contribution is 2.31. The highest BCUT2D eigenvalue weighted by atomic mass is 32.1. The summed E-state index contributed by atoms with van der Waals surface area (Å²) in [5, 5.41) is 3.19. The van der Waals surface area contributed by atoms with Crippen LogP contribution in [0.3, 0.4) is 0 Å². The fourth-order valence-corrected chi connectivity index (χ4v) is 4.56. The molecule has 1 aromatic carbocycles. The maximum atomic E-state index is 12.9. The third kappa shape index (κ3) is 7.59. The Morgan fingerprint density at radius 1 is 0.868 bits per heavy atom. The molecule has 1 saturated heterocycles. The molecule has 0 bridgehead atoms. The van der Waals surface area contributed by atoms with E-state index in [-0.39, 0.29) is 17.5 Å². The van der Waals surface area contributed by atoms with Crippen LogP contribution in [0.4, 0.5) is 5.13 Å². The van der Waals surface area contributed by atoms with Crippen LogP contribution in [0.25, 0.3) is 0 Å². The van der Waals surface area contributed by atoms with E-state index in [4.69, 9.17) is 23.7 Å². The molecule has 1 aromatic heterocycles. The van der Waals surface area contributed by atoms with Crippen molar-refractivity contribution in [3.05, 3.63) is 46.5 Å². The lowest BCUT2D eigenvalue weighted by atomic mass is 9.97. The van der Waals surface area contributed by atoms with Crippen molar-refractivity contribution in [1.29, 1.82) is 0 Å². The van der Waals surface area contributed by atoms with E-state index in [1.165, 1.54) is 13.1 Å². The van der Waals surface area contributed by atoms with E-state index in [0.717, 1.165) is 37.7 Å². The van der Waals surface area contributed by atoms with Gasteiger partial charge in [-0.25, -0.2) is 4.98 Å². The number of ketones is 1. The molecular weight excluding hydrogens is 520 g/mol. The van der Waals surface area contributed by atoms with Gasteiger partial charge in [0.05, 0.1) is 11.1 Å². The molecule has 2 aromatic rings. The number of carbonyl (C=O) groups is 5. The standard InChI is InChI=1S/C25H28N2O10S/c1-12-6-8-17(9-7-12)20(32)19-10-26-25(38-19)27-24-23(36-16(5)31)22(35-15(4)30)21(34-14(3)29)18(37-24)11-33-13(2)28/h6-10,18,21-24H,11H2,1-5H3,(H,26,27)/t18?,21-,22?,23-,24+/m1/s1. The van der Waals surface area contributed by atoms with Crippen molar-refractivity contribution in [1.82, 2.24) is 4.98 Å². The van der Waals surface area contributed by atoms with Crippen LogP contribution in [-0.4, -0.2) is 71.9 Å². The van der Waals surface area contributed by atoms with Crippen molar-refractivity contribution in [3.63, 3.8) is 0 Å². The average Bonchev–Trinajstić information content (AvgIpc) is 3.29. The second-order valence-electron chi connectivity index (χ2n) is 8.49. The normalized spacial score (nSPS) is 22.6. The molecule has 0 saturated carbocycles. The number of ether oxygens (including phenoxy) is 5. The van der Waals surface area contributed by atoms with Crippen LogP contribution < -0.4 is 5.32 Å². The molecule has 0 aliphatic carbocycles. The molecule has 0 radical (unpaired) electrons. The highest BCUT2D eigenvalue weighted by Gasteiger charge is 2.52. The van der Waals surface area contributed by atoms with Crippen LogP contribution in [0, 0.1) is 6.92 Å². The van der Waals surface area contributed by atoms with Gasteiger partial charge < -0.3 is 29.0 Å². The smallest absolute Gasteiger partial charge is 0.303 e. The summed E-state index contributed by atoms with van der Waals surface area (Å²) in [7, 11) is 0. The number of rotatable bonds is 9. The van der Waals surface area contributed by atoms with Gasteiger partial charge in [-0.3, -0.25) is 24.0 Å². The molecule has 38 heavy (non-hydrogen) atoms. The summed E-state index contributed by atoms with van der Waals surface area (Å²) in [6.07, 6.45) is -4.79. The number of nitrogens with one attached hydrogen (secondary N) is 1. The van der Waals surface area contributed by atoms with Gasteiger partial charge in [0.1, 0.15) is 12.7 Å². The summed E-state index contributed by atoms with van der Waals surface area (Å²) < 4.78 is 27.2. The number of carbonyl (C=O) groups excluding carboxylic acids is 5. The number of anilines is 1. The predicted molar refractivity (Wildman–Crippen MR) is 132 cm³/mol. The van der Waals surface area contributed by atoms with Crippen molar-refractivity contribution in [3.8, 4) is 0 Å². The third-order valence-corrected chi connectivity index (χ3v) is 6.23. The minimum absolute atomic E-state index is 0.237. The maximum absolute atomic E-state index is 12.9. The molecule has 1 fully saturated rings. The van der Waals surface area contributed by atoms with Crippen LogP contribution in [0.2, 0.25) is 0 Å². The molecule has 3 rings (SSSR count). The zero-order valence-electron chi connectivity index (χ0n) is 21.4. The Balaban J connectivity index is 1.92. The van der Waals surface area contributed by atoms with Gasteiger partial charge in [-0.05, 0) is 6.92 Å². The van der Waals surface area contributed by atoms with Crippen LogP contribution in [0.15, 0.2) is 30.5 Å². The van der Waals surface area contributed by atoms with E-state index in [1.807, 2.05) is 19.1 Å². The van der Waals surface area contributed by atoms with Crippen molar-refractivity contribution < 1.29 is 47.7 Å². The van der Waals surface area contributed by atoms with Gasteiger partial charge in [0.2, 0.25) is 5.78 Å². The molecular formula is C25H28N2O10S. The van der Waals surface area contributed by atoms with Crippen LogP contribution >= 0.6 is 11.3 Å². The molecule has 2 unspecified atom stereocenters. The Kier molecular flexibility index (Phi) is 9.53. The lowest BCUT2D eigenvalue weighted by Gasteiger charge is -2.44. The number of benzene rings is 1. The molecule has 1 N–H and O–H groups in total. The number of hydrogen-bond acceptors (Lipinski definition) is 13. The van der Waals surface area contributed by atoms with E-state index in [0.29, 0.717) is 10.4 Å². The van der Waals surface area contributed by atoms with Gasteiger partial charge in [-0.2, -0.15) is 0 Å². The van der Waals surface area contributed by atoms with E-state index < -0.39 is 54.5 Å². The number of thiazole rings is 1. The van der Waals surface area contributed by atoms with Crippen LogP contribution in [0.5, 0.6) is 0 Å². The second kappa shape index (κ2) is 12.6. The summed E-state index contributed by atoms with van der Waals surface area (Å²) in [6.45, 7) is 6.17. The van der Waals surface area contributed by atoms with E-state index in [1.54, 1.807) is 12.1 Å². The molecule has 1 aliphatic heterocycles. The molecule has 13 heteroatoms. The first-order chi connectivity index (χ1) is 17.9. The summed E-state index contributed by atoms with van der Waals surface area (Å²) in [5.74, 6) is -3.05. The van der Waals surface area contributed by atoms with Gasteiger partial charge >= 0.3 is 23.9 Å². The first-order valence-electron chi connectivity index (χ1n) is 11.6. The predicted octanol–water partition coefficient (Wildman–Crippen LogP) is 2.18. The van der Waals surface area contributed by atoms with Crippen molar-refractivity contribution >= 4 is 46.1 Å². The first kappa shape index (κ1) is 28.7. The van der Waals surface area contributed by atoms with Crippen LogP contribution in [-0.2, 0) is 42.9 Å². The zero-order valence-corrected chi connectivity index (χ0v) is 22.2. The van der Waals surface area contributed by atoms with E-state index in [2.05, 4.69) is 10.3 Å². The Bertz CT molecular complexity index is 1200. The zero-order chi connectivity index (χ0) is 28.0. The summed E-state index contributed by atoms with van der Waals surface area (Å²) in [4.78, 5) is 64.7. The lowest BCUT2D eigenvalue weighted by molar-refractivity contribution is -0.247. The van der Waals surface area contributed by atoms with Gasteiger partial charge in [0.15, 0.2) is 29.7 Å². The number of hydrogen-bond donors (Lipinski definition) is 1. The fourth-order valence-electron chi connectivity index (χ4n) is 3.76. The maximum Gasteiger partial charge on any atom is 0.303 e. The first-order valence-corrected chi connectivity index (χ1v) is 12.4. The molecule has 2 heterocycles. The van der Waals surface area contributed by atoms with Gasteiger partial charge in [0, 0.05) is 33.3 Å². The number of aromatic nitrogens is 1. The summed E-state index contributed by atoms with van der Waals surface area (Å²) >= 11 is 1.03. The van der Waals surface area contributed by atoms with Gasteiger partial charge in [-0.15, -0.1) is 0 Å².